The molecule has 0 bridgehead atoms. The third kappa shape index (κ3) is 5.66. The second kappa shape index (κ2) is 11.1. The van der Waals surface area contributed by atoms with Gasteiger partial charge in [0, 0.05) is 48.9 Å². The van der Waals surface area contributed by atoms with Gasteiger partial charge in [0.15, 0.2) is 0 Å². The monoisotopic (exact) mass is 499 g/mol. The van der Waals surface area contributed by atoms with E-state index in [2.05, 4.69) is 38.1 Å². The molecule has 3 aromatic rings. The number of hydrogen-bond donors (Lipinski definition) is 1. The Hall–Kier alpha value is -3.74. The maximum Gasteiger partial charge on any atom is 0.319 e. The van der Waals surface area contributed by atoms with Gasteiger partial charge in [-0.1, -0.05) is 36.4 Å². The van der Waals surface area contributed by atoms with Crippen molar-refractivity contribution < 1.29 is 9.53 Å². The molecule has 1 N–H and O–H groups in total. The molecule has 37 heavy (non-hydrogen) atoms. The van der Waals surface area contributed by atoms with Gasteiger partial charge in [-0.05, 0) is 44.9 Å². The molecule has 2 saturated heterocycles. The smallest absolute Gasteiger partial charge is 0.319 e. The summed E-state index contributed by atoms with van der Waals surface area (Å²) >= 11 is 0. The van der Waals surface area contributed by atoms with Gasteiger partial charge in [0.25, 0.3) is 5.91 Å². The zero-order valence-corrected chi connectivity index (χ0v) is 21.4. The van der Waals surface area contributed by atoms with Crippen molar-refractivity contribution in [1.82, 2.24) is 19.8 Å². The van der Waals surface area contributed by atoms with Gasteiger partial charge in [-0.25, -0.2) is 0 Å². The van der Waals surface area contributed by atoms with Crippen LogP contribution in [0.3, 0.4) is 0 Å². The molecular weight excluding hydrogens is 466 g/mol. The number of anilines is 2. The molecule has 0 spiro atoms. The van der Waals surface area contributed by atoms with E-state index in [9.17, 15) is 10.1 Å². The molecule has 5 rings (SSSR count). The van der Waals surface area contributed by atoms with Crippen LogP contribution in [0.5, 0.6) is 6.01 Å². The van der Waals surface area contributed by atoms with Gasteiger partial charge in [0.2, 0.25) is 0 Å². The third-order valence-corrected chi connectivity index (χ3v) is 7.47. The van der Waals surface area contributed by atoms with Crippen LogP contribution in [0.1, 0.15) is 29.8 Å². The molecule has 9 nitrogen and oxygen atoms in total. The molecule has 2 atom stereocenters. The summed E-state index contributed by atoms with van der Waals surface area (Å²) in [7, 11) is 4.13. The van der Waals surface area contributed by atoms with Crippen molar-refractivity contribution in [3.05, 3.63) is 54.2 Å². The highest BCUT2D eigenvalue weighted by Gasteiger charge is 2.27. The normalized spacial score (nSPS) is 20.6. The van der Waals surface area contributed by atoms with Crippen LogP contribution >= 0.6 is 0 Å². The number of carbonyl (C=O) groups is 1. The molecule has 1 aromatic heterocycles. The Morgan fingerprint density at radius 2 is 1.89 bits per heavy atom. The molecule has 2 fully saturated rings. The summed E-state index contributed by atoms with van der Waals surface area (Å²) < 4.78 is 6.07. The standard InChI is InChI=1S/C28H33N7O2/c1-33-14-6-9-22(33)19-37-28-31-25(17-26(32-28)35-16-15-34(2)21(18-35)12-13-29)27(36)30-24-11-5-8-20-7-3-4-10-23(20)24/h3-5,7-8,10-11,17,21-22H,6,9,12,14-16,18-19H2,1-2H3,(H,30,36)/t21-,22-/m0/s1. The highest BCUT2D eigenvalue weighted by Crippen LogP contribution is 2.26. The summed E-state index contributed by atoms with van der Waals surface area (Å²) in [5.74, 6) is 0.328. The summed E-state index contributed by atoms with van der Waals surface area (Å²) in [5.41, 5.74) is 0.982. The first-order valence-electron chi connectivity index (χ1n) is 12.8. The minimum Gasteiger partial charge on any atom is -0.462 e. The first kappa shape index (κ1) is 24.9. The predicted octanol–water partition coefficient (Wildman–Crippen LogP) is 3.39. The number of nitrogens with one attached hydrogen (secondary N) is 1. The van der Waals surface area contributed by atoms with Crippen LogP contribution in [0, 0.1) is 11.3 Å². The Morgan fingerprint density at radius 3 is 2.70 bits per heavy atom. The van der Waals surface area contributed by atoms with E-state index in [0.717, 1.165) is 48.9 Å². The molecule has 0 radical (unpaired) electrons. The first-order valence-corrected chi connectivity index (χ1v) is 12.8. The maximum atomic E-state index is 13.4. The number of amides is 1. The minimum atomic E-state index is -0.314. The van der Waals surface area contributed by atoms with Crippen LogP contribution in [-0.4, -0.2) is 84.6 Å². The number of likely N-dealkylation sites (N-methyl/N-ethyl adjacent to an activating group) is 2. The fourth-order valence-corrected chi connectivity index (χ4v) is 5.12. The van der Waals surface area contributed by atoms with E-state index in [1.807, 2.05) is 49.5 Å². The van der Waals surface area contributed by atoms with Crippen molar-refractivity contribution in [2.24, 2.45) is 0 Å². The SMILES string of the molecule is CN1CCC[C@H]1COc1nc(C(=O)Nc2cccc3ccccc23)cc(N2CCN(C)[C@@H](CC#N)C2)n1. The average molecular weight is 500 g/mol. The van der Waals surface area contributed by atoms with Crippen molar-refractivity contribution in [3.63, 3.8) is 0 Å². The second-order valence-corrected chi connectivity index (χ2v) is 9.91. The highest BCUT2D eigenvalue weighted by molar-refractivity contribution is 6.08. The fourth-order valence-electron chi connectivity index (χ4n) is 5.12. The summed E-state index contributed by atoms with van der Waals surface area (Å²) in [6.45, 7) is 3.72. The van der Waals surface area contributed by atoms with Crippen LogP contribution in [0.2, 0.25) is 0 Å². The number of piperazine rings is 1. The van der Waals surface area contributed by atoms with Crippen LogP contribution in [-0.2, 0) is 0 Å². The molecule has 0 unspecified atom stereocenters. The molecule has 2 aromatic carbocycles. The molecule has 1 amide bonds. The molecular formula is C28H33N7O2. The van der Waals surface area contributed by atoms with Gasteiger partial charge in [-0.15, -0.1) is 0 Å². The lowest BCUT2D eigenvalue weighted by Crippen LogP contribution is -2.51. The lowest BCUT2D eigenvalue weighted by molar-refractivity contribution is 0.102. The van der Waals surface area contributed by atoms with Crippen molar-refractivity contribution >= 4 is 28.2 Å². The molecule has 2 aliphatic rings. The minimum absolute atomic E-state index is 0.0955. The summed E-state index contributed by atoms with van der Waals surface area (Å²) in [4.78, 5) is 29.2. The molecule has 3 heterocycles. The van der Waals surface area contributed by atoms with Crippen molar-refractivity contribution in [2.75, 3.05) is 57.1 Å². The van der Waals surface area contributed by atoms with Gasteiger partial charge in [0.05, 0.1) is 12.5 Å². The summed E-state index contributed by atoms with van der Waals surface area (Å²) in [6.07, 6.45) is 2.65. The maximum absolute atomic E-state index is 13.4. The molecule has 0 aliphatic carbocycles. The predicted molar refractivity (Wildman–Crippen MR) is 144 cm³/mol. The van der Waals surface area contributed by atoms with Gasteiger partial charge < -0.3 is 19.9 Å². The third-order valence-electron chi connectivity index (χ3n) is 7.47. The van der Waals surface area contributed by atoms with E-state index in [-0.39, 0.29) is 23.7 Å². The van der Waals surface area contributed by atoms with Crippen LogP contribution in [0.4, 0.5) is 11.5 Å². The second-order valence-electron chi connectivity index (χ2n) is 9.91. The number of ether oxygens (including phenoxy) is 1. The lowest BCUT2D eigenvalue weighted by Gasteiger charge is -2.39. The van der Waals surface area contributed by atoms with E-state index >= 15 is 0 Å². The van der Waals surface area contributed by atoms with Gasteiger partial charge in [0.1, 0.15) is 18.1 Å². The van der Waals surface area contributed by atoms with Crippen LogP contribution < -0.4 is 15.0 Å². The fraction of sp³-hybridized carbons (Fsp3) is 0.429. The van der Waals surface area contributed by atoms with Gasteiger partial charge in [-0.2, -0.15) is 15.2 Å². The van der Waals surface area contributed by atoms with Gasteiger partial charge in [-0.3, -0.25) is 9.69 Å². The van der Waals surface area contributed by atoms with E-state index in [1.165, 1.54) is 0 Å². The number of likely N-dealkylation sites (tertiary alicyclic amines) is 1. The molecule has 2 aliphatic heterocycles. The number of hydrogen-bond acceptors (Lipinski definition) is 8. The van der Waals surface area contributed by atoms with Gasteiger partial charge >= 0.3 is 6.01 Å². The summed E-state index contributed by atoms with van der Waals surface area (Å²) in [5, 5.41) is 14.3. The number of rotatable bonds is 7. The number of benzene rings is 2. The Morgan fingerprint density at radius 1 is 1.08 bits per heavy atom. The van der Waals surface area contributed by atoms with Crippen molar-refractivity contribution in [1.29, 1.82) is 5.26 Å². The number of carbonyl (C=O) groups excluding carboxylic acids is 1. The molecule has 9 heteroatoms. The lowest BCUT2D eigenvalue weighted by atomic mass is 10.1. The van der Waals surface area contributed by atoms with E-state index in [4.69, 9.17) is 9.72 Å². The Labute approximate surface area is 217 Å². The molecule has 192 valence electrons. The zero-order valence-electron chi connectivity index (χ0n) is 21.4. The van der Waals surface area contributed by atoms with Crippen LogP contribution in [0.25, 0.3) is 10.8 Å². The zero-order chi connectivity index (χ0) is 25.8. The van der Waals surface area contributed by atoms with Crippen molar-refractivity contribution in [3.8, 4) is 12.1 Å². The topological polar surface area (TPSA) is 97.6 Å². The Kier molecular flexibility index (Phi) is 7.49. The largest absolute Gasteiger partial charge is 0.462 e. The van der Waals surface area contributed by atoms with Crippen LogP contribution in [0.15, 0.2) is 48.5 Å². The van der Waals surface area contributed by atoms with E-state index in [1.54, 1.807) is 6.07 Å². The highest BCUT2D eigenvalue weighted by atomic mass is 16.5. The first-order chi connectivity index (χ1) is 18.0. The Balaban J connectivity index is 1.42. The Bertz CT molecular complexity index is 1300. The number of nitrogens with zero attached hydrogens (tertiary/aromatic N) is 6. The quantitative estimate of drug-likeness (QED) is 0.528. The van der Waals surface area contributed by atoms with E-state index in [0.29, 0.717) is 31.4 Å². The molecule has 0 saturated carbocycles. The number of nitriles is 1. The average Bonchev–Trinajstić information content (AvgIpc) is 3.33. The van der Waals surface area contributed by atoms with Crippen molar-refractivity contribution in [2.45, 2.75) is 31.3 Å². The summed E-state index contributed by atoms with van der Waals surface area (Å²) in [6, 6.07) is 18.4. The van der Waals surface area contributed by atoms with E-state index < -0.39 is 0 Å². The number of aromatic nitrogens is 2. The number of fused-ring (bicyclic) bond motifs is 1.